The van der Waals surface area contributed by atoms with Crippen molar-refractivity contribution in [2.24, 2.45) is 15.9 Å². The van der Waals surface area contributed by atoms with Gasteiger partial charge < -0.3 is 5.73 Å². The summed E-state index contributed by atoms with van der Waals surface area (Å²) in [6, 6.07) is 5.89. The number of rotatable bonds is 3. The highest BCUT2D eigenvalue weighted by Gasteiger charge is 1.91. The molecule has 0 spiro atoms. The summed E-state index contributed by atoms with van der Waals surface area (Å²) in [6.07, 6.45) is 6.54. The van der Waals surface area contributed by atoms with Gasteiger partial charge in [-0.15, -0.1) is 11.5 Å². The minimum Gasteiger partial charge on any atom is -0.377 e. The second kappa shape index (κ2) is 6.64. The summed E-state index contributed by atoms with van der Waals surface area (Å²) in [5.74, 6) is 2.59. The summed E-state index contributed by atoms with van der Waals surface area (Å²) in [5.41, 5.74) is 6.24. The van der Waals surface area contributed by atoms with Crippen LogP contribution in [0.4, 0.5) is 4.39 Å². The van der Waals surface area contributed by atoms with Gasteiger partial charge in [0.25, 0.3) is 0 Å². The molecule has 16 heavy (non-hydrogen) atoms. The van der Waals surface area contributed by atoms with Crippen molar-refractivity contribution in [3.63, 3.8) is 0 Å². The van der Waals surface area contributed by atoms with Gasteiger partial charge in [-0.3, -0.25) is 0 Å². The predicted molar refractivity (Wildman–Crippen MR) is 66.9 cm³/mol. The first kappa shape index (κ1) is 12.3. The van der Waals surface area contributed by atoms with Gasteiger partial charge in [0, 0.05) is 0 Å². The van der Waals surface area contributed by atoms with E-state index in [0.717, 1.165) is 5.56 Å². The van der Waals surface area contributed by atoms with E-state index >= 15 is 0 Å². The summed E-state index contributed by atoms with van der Waals surface area (Å²) in [7, 11) is 0. The molecule has 82 valence electrons. The van der Waals surface area contributed by atoms with E-state index in [2.05, 4.69) is 16.1 Å². The average molecular weight is 235 g/mol. The molecule has 3 nitrogen and oxygen atoms in total. The number of benzene rings is 1. The number of halogens is 1. The van der Waals surface area contributed by atoms with E-state index in [1.165, 1.54) is 30.1 Å². The fraction of sp³-hybridized carbons (Fsp3) is 0.0909. The lowest BCUT2D eigenvalue weighted by molar-refractivity contribution is 0.628. The van der Waals surface area contributed by atoms with Gasteiger partial charge in [-0.2, -0.15) is 5.10 Å². The monoisotopic (exact) mass is 235 g/mol. The minimum absolute atomic E-state index is 0.287. The van der Waals surface area contributed by atoms with E-state index in [0.29, 0.717) is 10.9 Å². The molecule has 0 heterocycles. The van der Waals surface area contributed by atoms with Gasteiger partial charge in [-0.1, -0.05) is 29.8 Å². The van der Waals surface area contributed by atoms with Gasteiger partial charge in [0.05, 0.1) is 12.0 Å². The van der Waals surface area contributed by atoms with Crippen LogP contribution in [0.5, 0.6) is 0 Å². The Morgan fingerprint density at radius 2 is 2.19 bits per heavy atom. The third kappa shape index (κ3) is 4.62. The molecule has 0 amide bonds. The molecule has 0 unspecified atom stereocenters. The Balaban J connectivity index is 2.54. The quantitative estimate of drug-likeness (QED) is 0.376. The number of nitrogens with zero attached hydrogens (tertiary/aromatic N) is 2. The number of thioether (sulfide) groups is 1. The van der Waals surface area contributed by atoms with Crippen molar-refractivity contribution in [3.8, 4) is 12.3 Å². The maximum atomic E-state index is 12.6. The lowest BCUT2D eigenvalue weighted by atomic mass is 10.2. The molecule has 0 aromatic heterocycles. The molecule has 0 bridgehead atoms. The molecule has 0 saturated carbocycles. The standard InChI is InChI=1S/C11H10FN3S/c1-2-7-16-11(13)15-14-8-9-3-5-10(12)6-4-9/h1,3-6,8H,7H2,(H2,13,15)/b14-8+. The van der Waals surface area contributed by atoms with E-state index < -0.39 is 0 Å². The number of amidine groups is 1. The summed E-state index contributed by atoms with van der Waals surface area (Å²) in [5, 5.41) is 7.77. The fourth-order valence-electron chi connectivity index (χ4n) is 0.846. The largest absolute Gasteiger partial charge is 0.377 e. The van der Waals surface area contributed by atoms with Crippen LogP contribution in [0.3, 0.4) is 0 Å². The highest BCUT2D eigenvalue weighted by atomic mass is 32.2. The molecule has 0 fully saturated rings. The van der Waals surface area contributed by atoms with E-state index in [9.17, 15) is 4.39 Å². The first-order valence-corrected chi connectivity index (χ1v) is 5.39. The highest BCUT2D eigenvalue weighted by molar-refractivity contribution is 8.13. The Hall–Kier alpha value is -1.80. The smallest absolute Gasteiger partial charge is 0.181 e. The van der Waals surface area contributed by atoms with Crippen LogP contribution in [0.25, 0.3) is 0 Å². The molecule has 0 radical (unpaired) electrons. The van der Waals surface area contributed by atoms with Crippen LogP contribution in [0.15, 0.2) is 34.5 Å². The normalized spacial score (nSPS) is 11.6. The Bertz CT molecular complexity index is 432. The van der Waals surface area contributed by atoms with E-state index in [4.69, 9.17) is 12.2 Å². The van der Waals surface area contributed by atoms with Crippen LogP contribution in [-0.4, -0.2) is 17.1 Å². The van der Waals surface area contributed by atoms with Gasteiger partial charge in [-0.25, -0.2) is 4.39 Å². The zero-order chi connectivity index (χ0) is 11.8. The number of nitrogens with two attached hydrogens (primary N) is 1. The second-order valence-corrected chi connectivity index (χ2v) is 3.72. The highest BCUT2D eigenvalue weighted by Crippen LogP contribution is 2.01. The lowest BCUT2D eigenvalue weighted by Crippen LogP contribution is -2.05. The van der Waals surface area contributed by atoms with Crippen molar-refractivity contribution in [2.75, 3.05) is 5.75 Å². The van der Waals surface area contributed by atoms with Crippen molar-refractivity contribution in [1.82, 2.24) is 0 Å². The topological polar surface area (TPSA) is 50.7 Å². The van der Waals surface area contributed by atoms with Gasteiger partial charge in [0.2, 0.25) is 0 Å². The number of hydrogen-bond acceptors (Lipinski definition) is 3. The molecule has 0 atom stereocenters. The summed E-state index contributed by atoms with van der Waals surface area (Å²) in [4.78, 5) is 0. The average Bonchev–Trinajstić information content (AvgIpc) is 2.29. The van der Waals surface area contributed by atoms with Crippen LogP contribution in [0, 0.1) is 18.2 Å². The van der Waals surface area contributed by atoms with Gasteiger partial charge in [0.1, 0.15) is 5.82 Å². The third-order valence-corrected chi connectivity index (χ3v) is 2.22. The van der Waals surface area contributed by atoms with Gasteiger partial charge in [0.15, 0.2) is 5.17 Å². The molecule has 0 saturated heterocycles. The maximum absolute atomic E-state index is 12.6. The first-order chi connectivity index (χ1) is 7.72. The number of terminal acetylenes is 1. The lowest BCUT2D eigenvalue weighted by Gasteiger charge is -1.92. The SMILES string of the molecule is C#CCS/C(N)=N\N=C\c1ccc(F)cc1. The van der Waals surface area contributed by atoms with Crippen LogP contribution in [-0.2, 0) is 0 Å². The molecule has 1 rings (SSSR count). The van der Waals surface area contributed by atoms with E-state index in [1.807, 2.05) is 0 Å². The molecule has 1 aromatic rings. The van der Waals surface area contributed by atoms with Crippen molar-refractivity contribution >= 4 is 23.1 Å². The minimum atomic E-state index is -0.287. The van der Waals surface area contributed by atoms with E-state index in [-0.39, 0.29) is 5.82 Å². The molecular formula is C11H10FN3S. The van der Waals surface area contributed by atoms with Crippen LogP contribution >= 0.6 is 11.8 Å². The molecule has 0 aliphatic rings. The summed E-state index contributed by atoms with van der Waals surface area (Å²) >= 11 is 1.23. The molecule has 2 N–H and O–H groups in total. The van der Waals surface area contributed by atoms with Crippen LogP contribution in [0.2, 0.25) is 0 Å². The molecule has 1 aromatic carbocycles. The molecule has 5 heteroatoms. The second-order valence-electron chi connectivity index (χ2n) is 2.73. The molecular weight excluding hydrogens is 225 g/mol. The Kier molecular flexibility index (Phi) is 5.09. The molecule has 0 aliphatic heterocycles. The van der Waals surface area contributed by atoms with Crippen molar-refractivity contribution in [2.45, 2.75) is 0 Å². The Labute approximate surface area is 97.6 Å². The maximum Gasteiger partial charge on any atom is 0.181 e. The van der Waals surface area contributed by atoms with Crippen LogP contribution < -0.4 is 5.73 Å². The Morgan fingerprint density at radius 1 is 1.50 bits per heavy atom. The van der Waals surface area contributed by atoms with Crippen molar-refractivity contribution < 1.29 is 4.39 Å². The fourth-order valence-corrected chi connectivity index (χ4v) is 1.18. The predicted octanol–water partition coefficient (Wildman–Crippen LogP) is 1.84. The summed E-state index contributed by atoms with van der Waals surface area (Å²) in [6.45, 7) is 0. The van der Waals surface area contributed by atoms with Crippen molar-refractivity contribution in [1.29, 1.82) is 0 Å². The zero-order valence-electron chi connectivity index (χ0n) is 8.43. The third-order valence-electron chi connectivity index (χ3n) is 1.54. The van der Waals surface area contributed by atoms with Crippen LogP contribution in [0.1, 0.15) is 5.56 Å². The summed E-state index contributed by atoms with van der Waals surface area (Å²) < 4.78 is 12.6. The first-order valence-electron chi connectivity index (χ1n) is 4.40. The zero-order valence-corrected chi connectivity index (χ0v) is 9.25. The van der Waals surface area contributed by atoms with Gasteiger partial charge >= 0.3 is 0 Å². The van der Waals surface area contributed by atoms with Gasteiger partial charge in [-0.05, 0) is 17.7 Å². The van der Waals surface area contributed by atoms with E-state index in [1.54, 1.807) is 12.1 Å². The molecule has 0 aliphatic carbocycles. The van der Waals surface area contributed by atoms with Crippen molar-refractivity contribution in [3.05, 3.63) is 35.6 Å². The number of hydrogen-bond donors (Lipinski definition) is 1. The Morgan fingerprint density at radius 3 is 2.81 bits per heavy atom.